The van der Waals surface area contributed by atoms with Crippen molar-refractivity contribution in [3.63, 3.8) is 0 Å². The molecular formula is C42H35N7. The molecule has 8 aromatic rings. The third-order valence-electron chi connectivity index (χ3n) is 8.92. The fourth-order valence-corrected chi connectivity index (χ4v) is 6.82. The van der Waals surface area contributed by atoms with Gasteiger partial charge < -0.3 is 4.57 Å². The Kier molecular flexibility index (Phi) is 7.33. The summed E-state index contributed by atoms with van der Waals surface area (Å²) in [5.74, 6) is 3.90. The molecule has 7 heteroatoms. The summed E-state index contributed by atoms with van der Waals surface area (Å²) in [6, 6.07) is 37.2. The quantitative estimate of drug-likeness (QED) is 0.187. The van der Waals surface area contributed by atoms with E-state index in [0.29, 0.717) is 34.9 Å². The summed E-state index contributed by atoms with van der Waals surface area (Å²) in [7, 11) is 0. The van der Waals surface area contributed by atoms with Crippen LogP contribution in [0.5, 0.6) is 0 Å². The molecule has 7 nitrogen and oxygen atoms in total. The van der Waals surface area contributed by atoms with Crippen molar-refractivity contribution in [2.24, 2.45) is 0 Å². The molecule has 49 heavy (non-hydrogen) atoms. The molecule has 0 atom stereocenters. The number of rotatable bonds is 5. The lowest BCUT2D eigenvalue weighted by Gasteiger charge is -2.16. The van der Waals surface area contributed by atoms with E-state index in [2.05, 4.69) is 141 Å². The van der Waals surface area contributed by atoms with Crippen LogP contribution in [0.4, 0.5) is 0 Å². The van der Waals surface area contributed by atoms with E-state index in [1.165, 1.54) is 33.0 Å². The molecule has 0 radical (unpaired) electrons. The van der Waals surface area contributed by atoms with Gasteiger partial charge in [0.25, 0.3) is 0 Å². The van der Waals surface area contributed by atoms with Gasteiger partial charge in [0.2, 0.25) is 0 Å². The van der Waals surface area contributed by atoms with Crippen LogP contribution >= 0.6 is 0 Å². The number of hydrogen-bond acceptors (Lipinski definition) is 6. The largest absolute Gasteiger partial charge is 0.308 e. The third kappa shape index (κ3) is 5.63. The highest BCUT2D eigenvalue weighted by Gasteiger charge is 2.21. The van der Waals surface area contributed by atoms with E-state index in [9.17, 15) is 0 Å². The zero-order valence-electron chi connectivity index (χ0n) is 28.4. The van der Waals surface area contributed by atoms with Crippen molar-refractivity contribution >= 4 is 21.8 Å². The van der Waals surface area contributed by atoms with Crippen LogP contribution in [0.2, 0.25) is 0 Å². The summed E-state index contributed by atoms with van der Waals surface area (Å²) in [6.45, 7) is 11.9. The molecule has 3 heterocycles. The standard InChI is InChI=1S/C42H35N7/c1-24-9-7-11-30(19-24)32-13-16-35-36-17-14-33(31-12-8-10-25(2)20-31)23-40(36)49(39(35)22-32)38-18-15-34(41-45-26(3)43-27(4)46-41)21-37(38)42-47-28(5)44-29(6)48-42/h7-23H,1-6H3. The molecular weight excluding hydrogens is 603 g/mol. The fourth-order valence-electron chi connectivity index (χ4n) is 6.82. The SMILES string of the molecule is Cc1cccc(-c2ccc3c4ccc(-c5cccc(C)c5)cc4n(-c4ccc(-c5nc(C)nc(C)n5)cc4-c4nc(C)nc(C)n4)c3c2)c1. The highest BCUT2D eigenvalue weighted by Crippen LogP contribution is 2.40. The van der Waals surface area contributed by atoms with Crippen LogP contribution in [-0.4, -0.2) is 34.5 Å². The Labute approximate surface area is 285 Å². The summed E-state index contributed by atoms with van der Waals surface area (Å²) in [5.41, 5.74) is 12.0. The van der Waals surface area contributed by atoms with Crippen molar-refractivity contribution in [3.8, 4) is 50.7 Å². The van der Waals surface area contributed by atoms with Crippen LogP contribution < -0.4 is 0 Å². The molecule has 0 aliphatic heterocycles. The van der Waals surface area contributed by atoms with Gasteiger partial charge in [-0.1, -0.05) is 83.9 Å². The zero-order chi connectivity index (χ0) is 33.8. The zero-order valence-corrected chi connectivity index (χ0v) is 28.4. The first-order valence-electron chi connectivity index (χ1n) is 16.5. The van der Waals surface area contributed by atoms with Crippen molar-refractivity contribution in [1.29, 1.82) is 0 Å². The summed E-state index contributed by atoms with van der Waals surface area (Å²) < 4.78 is 2.36. The van der Waals surface area contributed by atoms with Gasteiger partial charge in [0.05, 0.1) is 16.7 Å². The van der Waals surface area contributed by atoms with Crippen molar-refractivity contribution < 1.29 is 0 Å². The Morgan fingerprint density at radius 3 is 1.33 bits per heavy atom. The molecule has 3 aromatic heterocycles. The molecule has 0 bridgehead atoms. The van der Waals surface area contributed by atoms with Crippen LogP contribution in [0, 0.1) is 41.5 Å². The summed E-state index contributed by atoms with van der Waals surface area (Å²) in [6.07, 6.45) is 0. The Bertz CT molecular complexity index is 2440. The molecule has 0 amide bonds. The average molecular weight is 638 g/mol. The fraction of sp³-hybridized carbons (Fsp3) is 0.143. The van der Waals surface area contributed by atoms with E-state index in [-0.39, 0.29) is 0 Å². The van der Waals surface area contributed by atoms with Gasteiger partial charge in [-0.2, -0.15) is 0 Å². The highest BCUT2D eigenvalue weighted by atomic mass is 15.0. The Balaban J connectivity index is 1.47. The molecule has 0 fully saturated rings. The van der Waals surface area contributed by atoms with Gasteiger partial charge in [-0.3, -0.25) is 0 Å². The maximum absolute atomic E-state index is 4.87. The predicted octanol–water partition coefficient (Wildman–Crippen LogP) is 9.67. The van der Waals surface area contributed by atoms with Crippen LogP contribution in [0.25, 0.3) is 72.5 Å². The lowest BCUT2D eigenvalue weighted by molar-refractivity contribution is 0.924. The first-order valence-corrected chi connectivity index (χ1v) is 16.5. The number of aryl methyl sites for hydroxylation is 6. The van der Waals surface area contributed by atoms with Crippen molar-refractivity contribution in [3.05, 3.63) is 138 Å². The van der Waals surface area contributed by atoms with Gasteiger partial charge in [0, 0.05) is 21.9 Å². The highest BCUT2D eigenvalue weighted by molar-refractivity contribution is 6.11. The van der Waals surface area contributed by atoms with Crippen molar-refractivity contribution in [1.82, 2.24) is 34.5 Å². The van der Waals surface area contributed by atoms with Crippen LogP contribution in [0.15, 0.2) is 103 Å². The molecule has 238 valence electrons. The second kappa shape index (κ2) is 11.9. The molecule has 0 spiro atoms. The van der Waals surface area contributed by atoms with Gasteiger partial charge in [0.1, 0.15) is 23.3 Å². The lowest BCUT2D eigenvalue weighted by atomic mass is 10.0. The van der Waals surface area contributed by atoms with E-state index in [0.717, 1.165) is 39.0 Å². The Morgan fingerprint density at radius 2 is 0.837 bits per heavy atom. The molecule has 0 saturated carbocycles. The maximum atomic E-state index is 4.87. The van der Waals surface area contributed by atoms with Crippen LogP contribution in [-0.2, 0) is 0 Å². The smallest absolute Gasteiger partial charge is 0.165 e. The first kappa shape index (κ1) is 30.3. The minimum atomic E-state index is 0.601. The Hall–Kier alpha value is -6.08. The van der Waals surface area contributed by atoms with E-state index < -0.39 is 0 Å². The van der Waals surface area contributed by atoms with E-state index in [4.69, 9.17) is 9.97 Å². The number of hydrogen-bond donors (Lipinski definition) is 0. The van der Waals surface area contributed by atoms with Gasteiger partial charge in [0.15, 0.2) is 11.6 Å². The van der Waals surface area contributed by atoms with Crippen LogP contribution in [0.1, 0.15) is 34.4 Å². The molecule has 0 unspecified atom stereocenters. The number of nitrogens with zero attached hydrogens (tertiary/aromatic N) is 7. The van der Waals surface area contributed by atoms with E-state index in [1.807, 2.05) is 27.7 Å². The molecule has 0 aliphatic rings. The summed E-state index contributed by atoms with van der Waals surface area (Å²) >= 11 is 0. The first-order chi connectivity index (χ1) is 23.7. The van der Waals surface area contributed by atoms with Gasteiger partial charge in [-0.15, -0.1) is 0 Å². The van der Waals surface area contributed by atoms with E-state index >= 15 is 0 Å². The molecule has 0 aliphatic carbocycles. The van der Waals surface area contributed by atoms with Gasteiger partial charge >= 0.3 is 0 Å². The third-order valence-corrected chi connectivity index (χ3v) is 8.92. The second-order valence-corrected chi connectivity index (χ2v) is 12.8. The normalized spacial score (nSPS) is 11.5. The topological polar surface area (TPSA) is 82.3 Å². The summed E-state index contributed by atoms with van der Waals surface area (Å²) in [5, 5.41) is 2.34. The van der Waals surface area contributed by atoms with Gasteiger partial charge in [-0.05, 0) is 94.1 Å². The van der Waals surface area contributed by atoms with Gasteiger partial charge in [-0.25, -0.2) is 29.9 Å². The van der Waals surface area contributed by atoms with E-state index in [1.54, 1.807) is 0 Å². The lowest BCUT2D eigenvalue weighted by Crippen LogP contribution is -2.05. The minimum absolute atomic E-state index is 0.601. The predicted molar refractivity (Wildman–Crippen MR) is 198 cm³/mol. The summed E-state index contributed by atoms with van der Waals surface area (Å²) in [4.78, 5) is 28.0. The number of benzene rings is 5. The molecule has 5 aromatic carbocycles. The van der Waals surface area contributed by atoms with Crippen molar-refractivity contribution in [2.75, 3.05) is 0 Å². The monoisotopic (exact) mass is 637 g/mol. The molecule has 0 N–H and O–H groups in total. The second-order valence-electron chi connectivity index (χ2n) is 12.8. The molecule has 8 rings (SSSR count). The Morgan fingerprint density at radius 1 is 0.388 bits per heavy atom. The minimum Gasteiger partial charge on any atom is -0.308 e. The number of aromatic nitrogens is 7. The number of fused-ring (bicyclic) bond motifs is 3. The molecule has 0 saturated heterocycles. The van der Waals surface area contributed by atoms with Crippen molar-refractivity contribution in [2.45, 2.75) is 41.5 Å². The average Bonchev–Trinajstić information content (AvgIpc) is 3.40. The van der Waals surface area contributed by atoms with Crippen LogP contribution in [0.3, 0.4) is 0 Å². The maximum Gasteiger partial charge on any atom is 0.165 e.